The molecule has 1 aliphatic rings. The third-order valence-electron chi connectivity index (χ3n) is 4.37. The van der Waals surface area contributed by atoms with Crippen molar-refractivity contribution in [3.05, 3.63) is 66.9 Å². The predicted molar refractivity (Wildman–Crippen MR) is 92.2 cm³/mol. The summed E-state index contributed by atoms with van der Waals surface area (Å²) in [4.78, 5) is 0. The van der Waals surface area contributed by atoms with Crippen LogP contribution in [0, 0.1) is 0 Å². The van der Waals surface area contributed by atoms with Gasteiger partial charge in [0.05, 0.1) is 5.76 Å². The quantitative estimate of drug-likeness (QED) is 0.497. The maximum atomic E-state index is 6.14. The van der Waals surface area contributed by atoms with Crippen LogP contribution in [0.2, 0.25) is 0 Å². The summed E-state index contributed by atoms with van der Waals surface area (Å²) < 4.78 is 12.1. The zero-order chi connectivity index (χ0) is 15.3. The Morgan fingerprint density at radius 1 is 0.909 bits per heavy atom. The zero-order valence-corrected chi connectivity index (χ0v) is 12.8. The van der Waals surface area contributed by atoms with Crippen LogP contribution in [0.4, 0.5) is 0 Å². The minimum Gasteiger partial charge on any atom is -0.534 e. The first-order valence-corrected chi connectivity index (χ1v) is 7.50. The van der Waals surface area contributed by atoms with Crippen LogP contribution in [-0.4, -0.2) is 12.7 Å². The first-order chi connectivity index (χ1) is 10.6. The summed E-state index contributed by atoms with van der Waals surface area (Å²) in [6.45, 7) is 7.97. The van der Waals surface area contributed by atoms with E-state index in [1.165, 1.54) is 10.8 Å². The van der Waals surface area contributed by atoms with Crippen LogP contribution in [0.5, 0.6) is 0 Å². The molecule has 3 aromatic rings. The molecule has 108 valence electrons. The Morgan fingerprint density at radius 2 is 1.45 bits per heavy atom. The number of hydrogen-bond acceptors (Lipinski definition) is 2. The van der Waals surface area contributed by atoms with Gasteiger partial charge in [-0.25, -0.2) is 0 Å². The molecule has 1 aliphatic heterocycles. The molecule has 2 nitrogen and oxygen atoms in total. The van der Waals surface area contributed by atoms with Gasteiger partial charge in [0, 0.05) is 5.46 Å². The molecule has 0 aliphatic carbocycles. The Kier molecular flexibility index (Phi) is 2.82. The van der Waals surface area contributed by atoms with Gasteiger partial charge in [-0.05, 0) is 41.5 Å². The predicted octanol–water partition coefficient (Wildman–Crippen LogP) is 4.03. The highest BCUT2D eigenvalue weighted by Crippen LogP contribution is 2.32. The second kappa shape index (κ2) is 4.62. The van der Waals surface area contributed by atoms with Gasteiger partial charge < -0.3 is 9.31 Å². The van der Waals surface area contributed by atoms with Crippen molar-refractivity contribution in [2.24, 2.45) is 0 Å². The fourth-order valence-electron chi connectivity index (χ4n) is 3.05. The fourth-order valence-corrected chi connectivity index (χ4v) is 3.05. The molecule has 0 radical (unpaired) electrons. The molecule has 22 heavy (non-hydrogen) atoms. The first kappa shape index (κ1) is 13.4. The van der Waals surface area contributed by atoms with Crippen LogP contribution in [0.15, 0.2) is 66.9 Å². The van der Waals surface area contributed by atoms with E-state index in [9.17, 15) is 0 Å². The second-order valence-corrected chi connectivity index (χ2v) is 6.23. The topological polar surface area (TPSA) is 18.5 Å². The van der Waals surface area contributed by atoms with Crippen molar-refractivity contribution in [2.75, 3.05) is 0 Å². The summed E-state index contributed by atoms with van der Waals surface area (Å²) in [6.07, 6.45) is 0. The molecule has 0 N–H and O–H groups in total. The van der Waals surface area contributed by atoms with Gasteiger partial charge in [-0.2, -0.15) is 0 Å². The summed E-state index contributed by atoms with van der Waals surface area (Å²) >= 11 is 0. The molecule has 0 bridgehead atoms. The molecule has 0 saturated carbocycles. The lowest BCUT2D eigenvalue weighted by molar-refractivity contribution is 0.173. The van der Waals surface area contributed by atoms with E-state index in [0.29, 0.717) is 5.76 Å². The van der Waals surface area contributed by atoms with Gasteiger partial charge in [0.15, 0.2) is 0 Å². The molecule has 0 unspecified atom stereocenters. The standard InChI is InChI=1S/C19H17BO2/c1-13-19(2,3)22-20(21-13)18-16-10-6-4-8-14(16)12-15-9-5-7-11-17(15)18/h4-12H,1H2,2-3H3. The Morgan fingerprint density at radius 3 is 1.95 bits per heavy atom. The summed E-state index contributed by atoms with van der Waals surface area (Å²) in [7, 11) is -0.418. The lowest BCUT2D eigenvalue weighted by Gasteiger charge is -2.16. The van der Waals surface area contributed by atoms with E-state index >= 15 is 0 Å². The van der Waals surface area contributed by atoms with Gasteiger partial charge in [0.1, 0.15) is 5.60 Å². The van der Waals surface area contributed by atoms with Gasteiger partial charge >= 0.3 is 7.12 Å². The average molecular weight is 288 g/mol. The van der Waals surface area contributed by atoms with Crippen LogP contribution in [0.1, 0.15) is 13.8 Å². The van der Waals surface area contributed by atoms with Crippen LogP contribution in [0.25, 0.3) is 21.5 Å². The smallest absolute Gasteiger partial charge is 0.534 e. The van der Waals surface area contributed by atoms with Gasteiger partial charge in [0.25, 0.3) is 0 Å². The van der Waals surface area contributed by atoms with E-state index in [1.54, 1.807) is 0 Å². The molecule has 3 aromatic carbocycles. The minimum atomic E-state index is -0.470. The second-order valence-electron chi connectivity index (χ2n) is 6.23. The highest BCUT2D eigenvalue weighted by atomic mass is 16.7. The molecule has 0 spiro atoms. The van der Waals surface area contributed by atoms with Crippen molar-refractivity contribution >= 4 is 34.1 Å². The SMILES string of the molecule is C=C1OB(c2c3ccccc3cc3ccccc23)OC1(C)C. The van der Waals surface area contributed by atoms with E-state index < -0.39 is 12.7 Å². The average Bonchev–Trinajstić information content (AvgIpc) is 2.78. The highest BCUT2D eigenvalue weighted by molar-refractivity contribution is 6.68. The summed E-state index contributed by atoms with van der Waals surface area (Å²) in [5.41, 5.74) is 0.614. The number of fused-ring (bicyclic) bond motifs is 2. The van der Waals surface area contributed by atoms with Crippen molar-refractivity contribution in [1.82, 2.24) is 0 Å². The molecule has 1 fully saturated rings. The normalized spacial score (nSPS) is 17.2. The fraction of sp³-hybridized carbons (Fsp3) is 0.158. The Hall–Kier alpha value is -2.26. The molecule has 1 saturated heterocycles. The molecule has 0 atom stereocenters. The van der Waals surface area contributed by atoms with Crippen LogP contribution in [0.3, 0.4) is 0 Å². The highest BCUT2D eigenvalue weighted by Gasteiger charge is 2.44. The molecule has 4 rings (SSSR count). The van der Waals surface area contributed by atoms with E-state index in [0.717, 1.165) is 16.2 Å². The Bertz CT molecular complexity index is 844. The summed E-state index contributed by atoms with van der Waals surface area (Å²) in [5.74, 6) is 0.675. The number of rotatable bonds is 1. The molecule has 3 heteroatoms. The molecular formula is C19H17BO2. The van der Waals surface area contributed by atoms with Crippen molar-refractivity contribution in [2.45, 2.75) is 19.4 Å². The molecular weight excluding hydrogens is 271 g/mol. The van der Waals surface area contributed by atoms with Gasteiger partial charge in [0.2, 0.25) is 0 Å². The summed E-state index contributed by atoms with van der Waals surface area (Å²) in [5, 5.41) is 4.71. The largest absolute Gasteiger partial charge is 0.564 e. The third-order valence-corrected chi connectivity index (χ3v) is 4.37. The van der Waals surface area contributed by atoms with Crippen LogP contribution >= 0.6 is 0 Å². The number of hydrogen-bond donors (Lipinski definition) is 0. The maximum absolute atomic E-state index is 6.14. The number of benzene rings is 3. The van der Waals surface area contributed by atoms with E-state index in [4.69, 9.17) is 9.31 Å². The van der Waals surface area contributed by atoms with Gasteiger partial charge in [-0.3, -0.25) is 0 Å². The molecule has 0 aromatic heterocycles. The Balaban J connectivity index is 2.03. The zero-order valence-electron chi connectivity index (χ0n) is 12.8. The van der Waals surface area contributed by atoms with Crippen molar-refractivity contribution < 1.29 is 9.31 Å². The third kappa shape index (κ3) is 1.93. The van der Waals surface area contributed by atoms with Crippen molar-refractivity contribution in [3.8, 4) is 0 Å². The van der Waals surface area contributed by atoms with Gasteiger partial charge in [-0.15, -0.1) is 0 Å². The molecule has 0 amide bonds. The van der Waals surface area contributed by atoms with E-state index in [-0.39, 0.29) is 0 Å². The van der Waals surface area contributed by atoms with Crippen LogP contribution < -0.4 is 5.46 Å². The lowest BCUT2D eigenvalue weighted by atomic mass is 9.73. The van der Waals surface area contributed by atoms with Gasteiger partial charge in [-0.1, -0.05) is 55.1 Å². The summed E-state index contributed by atoms with van der Waals surface area (Å²) in [6, 6.07) is 18.9. The monoisotopic (exact) mass is 288 g/mol. The first-order valence-electron chi connectivity index (χ1n) is 7.50. The van der Waals surface area contributed by atoms with Crippen LogP contribution in [-0.2, 0) is 9.31 Å². The van der Waals surface area contributed by atoms with E-state index in [2.05, 4.69) is 61.2 Å². The Labute approximate surface area is 130 Å². The van der Waals surface area contributed by atoms with Crippen molar-refractivity contribution in [1.29, 1.82) is 0 Å². The van der Waals surface area contributed by atoms with E-state index in [1.807, 2.05) is 13.8 Å². The molecule has 1 heterocycles. The minimum absolute atomic E-state index is 0.418. The van der Waals surface area contributed by atoms with Crippen molar-refractivity contribution in [3.63, 3.8) is 0 Å². The maximum Gasteiger partial charge on any atom is 0.564 e. The lowest BCUT2D eigenvalue weighted by Crippen LogP contribution is -2.35.